The molecule has 140 valence electrons. The molecule has 26 heavy (non-hydrogen) atoms. The highest BCUT2D eigenvalue weighted by Gasteiger charge is 2.18. The molecule has 0 saturated heterocycles. The van der Waals surface area contributed by atoms with Crippen molar-refractivity contribution < 1.29 is 9.53 Å². The van der Waals surface area contributed by atoms with E-state index in [2.05, 4.69) is 60.2 Å². The molecule has 5 heteroatoms. The van der Waals surface area contributed by atoms with Crippen molar-refractivity contribution in [1.29, 1.82) is 0 Å². The summed E-state index contributed by atoms with van der Waals surface area (Å²) in [6.45, 7) is 7.48. The van der Waals surface area contributed by atoms with E-state index >= 15 is 0 Å². The largest absolute Gasteiger partial charge is 0.491 e. The normalized spacial score (nSPS) is 11.2. The molecule has 2 aromatic rings. The number of nitrogens with one attached hydrogen (secondary N) is 1. The lowest BCUT2D eigenvalue weighted by Crippen LogP contribution is -2.29. The molecule has 0 aliphatic heterocycles. The fraction of sp³-hybridized carbons (Fsp3) is 0.381. The zero-order valence-corrected chi connectivity index (χ0v) is 18.0. The molecule has 3 nitrogen and oxygen atoms in total. The molecular formula is C21H26BrNO2S. The van der Waals surface area contributed by atoms with E-state index in [1.807, 2.05) is 30.3 Å². The van der Waals surface area contributed by atoms with Gasteiger partial charge in [-0.25, -0.2) is 0 Å². The van der Waals surface area contributed by atoms with Gasteiger partial charge in [-0.15, -0.1) is 11.8 Å². The van der Waals surface area contributed by atoms with Crippen LogP contribution in [0.2, 0.25) is 0 Å². The van der Waals surface area contributed by atoms with E-state index in [0.29, 0.717) is 18.9 Å². The highest BCUT2D eigenvalue weighted by atomic mass is 79.9. The summed E-state index contributed by atoms with van der Waals surface area (Å²) in [5.74, 6) is 2.21. The van der Waals surface area contributed by atoms with Crippen LogP contribution in [0, 0.1) is 0 Å². The second-order valence-corrected chi connectivity index (χ2v) is 8.97. The van der Waals surface area contributed by atoms with Crippen LogP contribution < -0.4 is 10.1 Å². The maximum absolute atomic E-state index is 11.9. The van der Waals surface area contributed by atoms with Gasteiger partial charge in [-0.3, -0.25) is 4.79 Å². The first kappa shape index (κ1) is 20.8. The average Bonchev–Trinajstić information content (AvgIpc) is 2.60. The Kier molecular flexibility index (Phi) is 8.04. The van der Waals surface area contributed by atoms with Gasteiger partial charge in [0, 0.05) is 10.2 Å². The Labute approximate surface area is 169 Å². The Morgan fingerprint density at radius 3 is 2.50 bits per heavy atom. The van der Waals surface area contributed by atoms with Crippen molar-refractivity contribution in [3.8, 4) is 5.75 Å². The first-order valence-electron chi connectivity index (χ1n) is 8.67. The van der Waals surface area contributed by atoms with Crippen molar-refractivity contribution in [2.24, 2.45) is 0 Å². The third-order valence-electron chi connectivity index (χ3n) is 3.79. The number of amides is 1. The van der Waals surface area contributed by atoms with Crippen molar-refractivity contribution >= 4 is 33.6 Å². The minimum Gasteiger partial charge on any atom is -0.491 e. The molecule has 0 fully saturated rings. The lowest BCUT2D eigenvalue weighted by molar-refractivity contribution is -0.118. The topological polar surface area (TPSA) is 38.3 Å². The predicted octanol–water partition coefficient (Wildman–Crippen LogP) is 5.18. The summed E-state index contributed by atoms with van der Waals surface area (Å²) in [5, 5.41) is 2.91. The van der Waals surface area contributed by atoms with Gasteiger partial charge in [-0.2, -0.15) is 0 Å². The van der Waals surface area contributed by atoms with Crippen molar-refractivity contribution in [2.45, 2.75) is 31.9 Å². The van der Waals surface area contributed by atoms with Crippen LogP contribution in [0.5, 0.6) is 5.75 Å². The number of para-hydroxylation sites is 1. The summed E-state index contributed by atoms with van der Waals surface area (Å²) in [7, 11) is 0. The predicted molar refractivity (Wildman–Crippen MR) is 114 cm³/mol. The van der Waals surface area contributed by atoms with E-state index < -0.39 is 0 Å². The Balaban J connectivity index is 1.67. The number of ether oxygens (including phenoxy) is 1. The van der Waals surface area contributed by atoms with Crippen LogP contribution in [0.1, 0.15) is 31.9 Å². The van der Waals surface area contributed by atoms with Gasteiger partial charge in [-0.05, 0) is 34.7 Å². The molecule has 0 bridgehead atoms. The molecule has 1 N–H and O–H groups in total. The lowest BCUT2D eigenvalue weighted by atomic mass is 9.86. The van der Waals surface area contributed by atoms with Crippen molar-refractivity contribution in [3.05, 3.63) is 64.1 Å². The van der Waals surface area contributed by atoms with Gasteiger partial charge in [0.1, 0.15) is 12.4 Å². The maximum atomic E-state index is 11.9. The molecule has 0 aliphatic carbocycles. The minimum atomic E-state index is 0.0313. The summed E-state index contributed by atoms with van der Waals surface area (Å²) in [6, 6.07) is 16.2. The fourth-order valence-electron chi connectivity index (χ4n) is 2.46. The zero-order chi connectivity index (χ0) is 19.0. The van der Waals surface area contributed by atoms with Gasteiger partial charge in [-0.1, -0.05) is 67.0 Å². The highest BCUT2D eigenvalue weighted by molar-refractivity contribution is 9.10. The number of halogens is 1. The number of hydrogen-bond donors (Lipinski definition) is 1. The quantitative estimate of drug-likeness (QED) is 0.580. The smallest absolute Gasteiger partial charge is 0.230 e. The number of carbonyl (C=O) groups excluding carboxylic acids is 1. The molecule has 0 aromatic heterocycles. The third kappa shape index (κ3) is 7.04. The molecule has 0 saturated carbocycles. The molecule has 2 aromatic carbocycles. The van der Waals surface area contributed by atoms with Gasteiger partial charge >= 0.3 is 0 Å². The third-order valence-corrected chi connectivity index (χ3v) is 5.32. The van der Waals surface area contributed by atoms with Crippen LogP contribution >= 0.6 is 27.7 Å². The molecule has 0 aliphatic rings. The molecule has 0 unspecified atom stereocenters. The summed E-state index contributed by atoms with van der Waals surface area (Å²) >= 11 is 5.03. The Morgan fingerprint density at radius 2 is 1.81 bits per heavy atom. The van der Waals surface area contributed by atoms with Gasteiger partial charge in [0.25, 0.3) is 0 Å². The highest BCUT2D eigenvalue weighted by Crippen LogP contribution is 2.30. The Hall–Kier alpha value is -1.46. The average molecular weight is 436 g/mol. The van der Waals surface area contributed by atoms with Gasteiger partial charge in [0.15, 0.2) is 0 Å². The second-order valence-electron chi connectivity index (χ2n) is 7.06. The van der Waals surface area contributed by atoms with Gasteiger partial charge < -0.3 is 10.1 Å². The van der Waals surface area contributed by atoms with Crippen molar-refractivity contribution in [3.63, 3.8) is 0 Å². The fourth-order valence-corrected chi connectivity index (χ4v) is 3.54. The molecule has 0 atom stereocenters. The number of benzene rings is 2. The maximum Gasteiger partial charge on any atom is 0.230 e. The number of rotatable bonds is 8. The first-order chi connectivity index (χ1) is 12.4. The van der Waals surface area contributed by atoms with Crippen LogP contribution in [-0.4, -0.2) is 24.8 Å². The van der Waals surface area contributed by atoms with Crippen LogP contribution in [0.4, 0.5) is 0 Å². The lowest BCUT2D eigenvalue weighted by Gasteiger charge is -2.22. The number of carbonyl (C=O) groups is 1. The number of thioether (sulfide) groups is 1. The van der Waals surface area contributed by atoms with Crippen LogP contribution in [0.3, 0.4) is 0 Å². The zero-order valence-electron chi connectivity index (χ0n) is 15.5. The van der Waals surface area contributed by atoms with E-state index in [0.717, 1.165) is 16.0 Å². The molecular weight excluding hydrogens is 410 g/mol. The van der Waals surface area contributed by atoms with E-state index in [9.17, 15) is 4.79 Å². The summed E-state index contributed by atoms with van der Waals surface area (Å²) in [6.07, 6.45) is 0. The van der Waals surface area contributed by atoms with Gasteiger partial charge in [0.2, 0.25) is 5.91 Å². The summed E-state index contributed by atoms with van der Waals surface area (Å²) in [4.78, 5) is 11.9. The van der Waals surface area contributed by atoms with Crippen molar-refractivity contribution in [1.82, 2.24) is 5.32 Å². The molecule has 1 amide bonds. The van der Waals surface area contributed by atoms with Crippen LogP contribution in [0.25, 0.3) is 0 Å². The molecule has 0 spiro atoms. The SMILES string of the molecule is CC(C)(C)c1ccccc1OCCNC(=O)CSCc1ccc(Br)cc1. The van der Waals surface area contributed by atoms with Crippen LogP contribution in [0.15, 0.2) is 53.0 Å². The minimum absolute atomic E-state index is 0.0313. The van der Waals surface area contributed by atoms with Crippen LogP contribution in [-0.2, 0) is 16.0 Å². The van der Waals surface area contributed by atoms with Crippen molar-refractivity contribution in [2.75, 3.05) is 18.9 Å². The Bertz CT molecular complexity index is 711. The molecule has 2 rings (SSSR count). The second kappa shape index (κ2) is 10.0. The molecule has 0 heterocycles. The van der Waals surface area contributed by atoms with E-state index in [1.54, 1.807) is 11.8 Å². The van der Waals surface area contributed by atoms with E-state index in [1.165, 1.54) is 11.1 Å². The summed E-state index contributed by atoms with van der Waals surface area (Å²) in [5.41, 5.74) is 2.42. The van der Waals surface area contributed by atoms with Gasteiger partial charge in [0.05, 0.1) is 12.3 Å². The van der Waals surface area contributed by atoms with E-state index in [-0.39, 0.29) is 11.3 Å². The molecule has 0 radical (unpaired) electrons. The Morgan fingerprint density at radius 1 is 1.12 bits per heavy atom. The number of hydrogen-bond acceptors (Lipinski definition) is 3. The first-order valence-corrected chi connectivity index (χ1v) is 10.6. The monoisotopic (exact) mass is 435 g/mol. The van der Waals surface area contributed by atoms with E-state index in [4.69, 9.17) is 4.74 Å². The standard InChI is InChI=1S/C21H26BrNO2S/c1-21(2,3)18-6-4-5-7-19(18)25-13-12-23-20(24)15-26-14-16-8-10-17(22)11-9-16/h4-11H,12-15H2,1-3H3,(H,23,24). The summed E-state index contributed by atoms with van der Waals surface area (Å²) < 4.78 is 6.94.